The standard InChI is InChI=1S/C6H9F4/c1-2-4(7)3-5(8)6(9)10/h4-6H,1-3H2/t4?,5-/m0/s1. The summed E-state index contributed by atoms with van der Waals surface area (Å²) >= 11 is 0. The maximum absolute atomic E-state index is 12.1. The molecule has 0 nitrogen and oxygen atoms in total. The Hall–Kier alpha value is -0.280. The Morgan fingerprint density at radius 3 is 1.90 bits per heavy atom. The highest BCUT2D eigenvalue weighted by molar-refractivity contribution is 4.66. The van der Waals surface area contributed by atoms with Crippen LogP contribution in [-0.4, -0.2) is 18.8 Å². The van der Waals surface area contributed by atoms with E-state index in [9.17, 15) is 17.6 Å². The lowest BCUT2D eigenvalue weighted by atomic mass is 10.1. The van der Waals surface area contributed by atoms with Gasteiger partial charge >= 0.3 is 0 Å². The highest BCUT2D eigenvalue weighted by Crippen LogP contribution is 2.15. The van der Waals surface area contributed by atoms with Crippen LogP contribution in [0.1, 0.15) is 12.8 Å². The minimum atomic E-state index is -3.08. The summed E-state index contributed by atoms with van der Waals surface area (Å²) in [4.78, 5) is 0. The Bertz CT molecular complexity index is 83.8. The summed E-state index contributed by atoms with van der Waals surface area (Å²) in [5.41, 5.74) is 0. The van der Waals surface area contributed by atoms with Crippen molar-refractivity contribution < 1.29 is 17.6 Å². The molecule has 4 heteroatoms. The maximum Gasteiger partial charge on any atom is 0.269 e. The molecule has 0 saturated heterocycles. The number of halogens is 4. The van der Waals surface area contributed by atoms with Crippen LogP contribution in [0.2, 0.25) is 0 Å². The quantitative estimate of drug-likeness (QED) is 0.550. The summed E-state index contributed by atoms with van der Waals surface area (Å²) < 4.78 is 46.8. The fraction of sp³-hybridized carbons (Fsp3) is 0.833. The van der Waals surface area contributed by atoms with Crippen molar-refractivity contribution in [2.45, 2.75) is 31.6 Å². The van der Waals surface area contributed by atoms with Crippen LogP contribution in [-0.2, 0) is 0 Å². The molecule has 1 unspecified atom stereocenters. The first-order valence-corrected chi connectivity index (χ1v) is 2.93. The molecule has 0 rings (SSSR count). The average Bonchev–Trinajstić information content (AvgIpc) is 1.87. The Morgan fingerprint density at radius 2 is 1.60 bits per heavy atom. The zero-order valence-electron chi connectivity index (χ0n) is 5.37. The van der Waals surface area contributed by atoms with Gasteiger partial charge in [0.25, 0.3) is 6.43 Å². The summed E-state index contributed by atoms with van der Waals surface area (Å²) in [6, 6.07) is 0. The van der Waals surface area contributed by atoms with E-state index >= 15 is 0 Å². The normalized spacial score (nSPS) is 17.4. The van der Waals surface area contributed by atoms with E-state index in [1.807, 2.05) is 0 Å². The molecule has 1 radical (unpaired) electrons. The highest BCUT2D eigenvalue weighted by Gasteiger charge is 2.22. The van der Waals surface area contributed by atoms with Crippen molar-refractivity contribution in [3.05, 3.63) is 6.92 Å². The minimum absolute atomic E-state index is 0.160. The third-order valence-corrected chi connectivity index (χ3v) is 1.07. The second-order valence-corrected chi connectivity index (χ2v) is 1.97. The highest BCUT2D eigenvalue weighted by atomic mass is 19.3. The topological polar surface area (TPSA) is 0 Å². The molecule has 0 aromatic rings. The van der Waals surface area contributed by atoms with Gasteiger partial charge in [-0.1, -0.05) is 6.92 Å². The largest absolute Gasteiger partial charge is 0.269 e. The van der Waals surface area contributed by atoms with Gasteiger partial charge in [-0.2, -0.15) is 0 Å². The lowest BCUT2D eigenvalue weighted by molar-refractivity contribution is 0.0318. The van der Waals surface area contributed by atoms with Gasteiger partial charge in [-0.15, -0.1) is 0 Å². The zero-order chi connectivity index (χ0) is 8.15. The third kappa shape index (κ3) is 3.69. The lowest BCUT2D eigenvalue weighted by Crippen LogP contribution is -2.17. The van der Waals surface area contributed by atoms with E-state index < -0.39 is 25.2 Å². The van der Waals surface area contributed by atoms with Crippen LogP contribution in [0.15, 0.2) is 0 Å². The van der Waals surface area contributed by atoms with Gasteiger partial charge in [0.05, 0.1) is 0 Å². The fourth-order valence-electron chi connectivity index (χ4n) is 0.465. The van der Waals surface area contributed by atoms with E-state index in [0.29, 0.717) is 0 Å². The van der Waals surface area contributed by atoms with Gasteiger partial charge in [0.15, 0.2) is 6.17 Å². The Kier molecular flexibility index (Phi) is 4.40. The van der Waals surface area contributed by atoms with E-state index in [1.54, 1.807) is 0 Å². The molecular weight excluding hydrogens is 148 g/mol. The lowest BCUT2D eigenvalue weighted by Gasteiger charge is -2.08. The molecule has 0 aliphatic heterocycles. The summed E-state index contributed by atoms with van der Waals surface area (Å²) in [6.07, 6.45) is -7.89. The first-order chi connectivity index (χ1) is 4.57. The monoisotopic (exact) mass is 157 g/mol. The van der Waals surface area contributed by atoms with Crippen molar-refractivity contribution in [2.24, 2.45) is 0 Å². The maximum atomic E-state index is 12.1. The second-order valence-electron chi connectivity index (χ2n) is 1.97. The summed E-state index contributed by atoms with van der Waals surface area (Å²) in [7, 11) is 0. The van der Waals surface area contributed by atoms with Gasteiger partial charge in [-0.05, 0) is 6.42 Å². The van der Waals surface area contributed by atoms with Gasteiger partial charge in [0.1, 0.15) is 6.17 Å². The molecule has 0 aliphatic rings. The number of hydrogen-bond donors (Lipinski definition) is 0. The number of alkyl halides is 4. The first kappa shape index (κ1) is 9.72. The molecule has 0 N–H and O–H groups in total. The molecule has 2 atom stereocenters. The second kappa shape index (κ2) is 4.52. The van der Waals surface area contributed by atoms with E-state index in [2.05, 4.69) is 6.92 Å². The van der Waals surface area contributed by atoms with Crippen molar-refractivity contribution in [3.63, 3.8) is 0 Å². The van der Waals surface area contributed by atoms with Gasteiger partial charge < -0.3 is 0 Å². The summed E-state index contributed by atoms with van der Waals surface area (Å²) in [6.45, 7) is 3.11. The predicted molar refractivity (Wildman–Crippen MR) is 30.4 cm³/mol. The molecule has 0 bridgehead atoms. The molecule has 0 aromatic heterocycles. The van der Waals surface area contributed by atoms with Crippen LogP contribution in [0, 0.1) is 6.92 Å². The molecule has 0 spiro atoms. The van der Waals surface area contributed by atoms with Crippen LogP contribution in [0.5, 0.6) is 0 Å². The molecular formula is C6H9F4. The van der Waals surface area contributed by atoms with E-state index in [1.165, 1.54) is 0 Å². The molecule has 10 heavy (non-hydrogen) atoms. The van der Waals surface area contributed by atoms with Gasteiger partial charge in [-0.3, -0.25) is 0 Å². The zero-order valence-corrected chi connectivity index (χ0v) is 5.37. The van der Waals surface area contributed by atoms with Crippen molar-refractivity contribution in [1.82, 2.24) is 0 Å². The van der Waals surface area contributed by atoms with Crippen molar-refractivity contribution in [2.75, 3.05) is 0 Å². The van der Waals surface area contributed by atoms with E-state index in [0.717, 1.165) is 0 Å². The van der Waals surface area contributed by atoms with Crippen molar-refractivity contribution in [3.8, 4) is 0 Å². The smallest absolute Gasteiger partial charge is 0.247 e. The number of rotatable bonds is 4. The summed E-state index contributed by atoms with van der Waals surface area (Å²) in [5, 5.41) is 0. The third-order valence-electron chi connectivity index (χ3n) is 1.07. The minimum Gasteiger partial charge on any atom is -0.247 e. The average molecular weight is 157 g/mol. The molecule has 61 valence electrons. The first-order valence-electron chi connectivity index (χ1n) is 2.93. The van der Waals surface area contributed by atoms with Crippen LogP contribution in [0.4, 0.5) is 17.6 Å². The predicted octanol–water partition coefficient (Wildman–Crippen LogP) is 2.54. The molecule has 0 saturated carbocycles. The molecule has 0 aliphatic carbocycles. The van der Waals surface area contributed by atoms with Crippen LogP contribution < -0.4 is 0 Å². The van der Waals surface area contributed by atoms with Crippen LogP contribution in [0.25, 0.3) is 0 Å². The Balaban J connectivity index is 3.46. The van der Waals surface area contributed by atoms with Gasteiger partial charge in [0.2, 0.25) is 0 Å². The van der Waals surface area contributed by atoms with Gasteiger partial charge in [0, 0.05) is 6.42 Å². The SMILES string of the molecule is [CH2]CC(F)C[C@H](F)C(F)F. The summed E-state index contributed by atoms with van der Waals surface area (Å²) in [5.74, 6) is 0. The fourth-order valence-corrected chi connectivity index (χ4v) is 0.465. The molecule has 0 heterocycles. The van der Waals surface area contributed by atoms with E-state index in [-0.39, 0.29) is 6.42 Å². The van der Waals surface area contributed by atoms with Crippen molar-refractivity contribution >= 4 is 0 Å². The number of hydrogen-bond acceptors (Lipinski definition) is 0. The van der Waals surface area contributed by atoms with Crippen molar-refractivity contribution in [1.29, 1.82) is 0 Å². The molecule has 0 aromatic carbocycles. The van der Waals surface area contributed by atoms with Crippen LogP contribution >= 0.6 is 0 Å². The Morgan fingerprint density at radius 1 is 1.10 bits per heavy atom. The molecule has 0 amide bonds. The Labute approximate surface area is 57.2 Å². The molecule has 0 fully saturated rings. The van der Waals surface area contributed by atoms with Gasteiger partial charge in [-0.25, -0.2) is 17.6 Å². The van der Waals surface area contributed by atoms with Crippen LogP contribution in [0.3, 0.4) is 0 Å². The van der Waals surface area contributed by atoms with E-state index in [4.69, 9.17) is 0 Å².